The van der Waals surface area contributed by atoms with Gasteiger partial charge in [0.15, 0.2) is 75.9 Å². The molecule has 0 saturated carbocycles. The van der Waals surface area contributed by atoms with Gasteiger partial charge in [-0.15, -0.1) is 21.9 Å². The number of hydrogen-bond acceptors (Lipinski definition) is 2. The third-order valence-corrected chi connectivity index (χ3v) is 7.64. The molecular weight excluding hydrogens is 807 g/mol. The van der Waals surface area contributed by atoms with Crippen molar-refractivity contribution in [2.75, 3.05) is 0 Å². The summed E-state index contributed by atoms with van der Waals surface area (Å²) < 4.78 is 296. The molecule has 294 valence electrons. The third-order valence-electron chi connectivity index (χ3n) is 7.64. The number of halogens is 20. The first-order chi connectivity index (χ1) is 25.5. The lowest BCUT2D eigenvalue weighted by molar-refractivity contribution is -0.898. The summed E-state index contributed by atoms with van der Waals surface area (Å²) in [6, 6.07) is 0. The Labute approximate surface area is 291 Å². The molecule has 0 unspecified atom stereocenters. The van der Waals surface area contributed by atoms with Crippen molar-refractivity contribution in [3.8, 4) is 0 Å². The van der Waals surface area contributed by atoms with E-state index in [1.165, 1.54) is 0 Å². The van der Waals surface area contributed by atoms with Gasteiger partial charge in [-0.05, 0) is 13.8 Å². The van der Waals surface area contributed by atoms with Gasteiger partial charge in [0, 0.05) is 4.73 Å². The second kappa shape index (κ2) is 15.3. The molecule has 0 bridgehead atoms. The molecule has 0 saturated heterocycles. The molecule has 0 spiro atoms. The fraction of sp³-hybridized carbons (Fsp3) is 0.0968. The summed E-state index contributed by atoms with van der Waals surface area (Å²) in [4.78, 5) is 9.14. The second-order valence-electron chi connectivity index (χ2n) is 11.1. The SMILES string of the molecule is CC(C)O[n+]1ccncc1.Fc1c(F)c(F)c([B-](c2c(F)c(F)c(F)c(F)c2F)(c2c(F)c(F)c(F)c(F)c2F)c2c(F)c(F)c(F)c(F)c2F)c(F)c1F. The van der Waals surface area contributed by atoms with Crippen LogP contribution in [0, 0.1) is 116 Å². The van der Waals surface area contributed by atoms with Gasteiger partial charge in [-0.1, -0.05) is 0 Å². The summed E-state index contributed by atoms with van der Waals surface area (Å²) in [7, 11) is 0. The smallest absolute Gasteiger partial charge is 0.240 e. The first-order valence-electron chi connectivity index (χ1n) is 14.2. The van der Waals surface area contributed by atoms with Gasteiger partial charge >= 0.3 is 0 Å². The molecule has 4 aromatic carbocycles. The Hall–Kier alpha value is -5.58. The van der Waals surface area contributed by atoms with Gasteiger partial charge in [-0.3, -0.25) is 9.82 Å². The van der Waals surface area contributed by atoms with Gasteiger partial charge in [0.05, 0.1) is 12.4 Å². The zero-order chi connectivity index (χ0) is 41.8. The highest BCUT2D eigenvalue weighted by Gasteiger charge is 2.52. The van der Waals surface area contributed by atoms with Crippen LogP contribution < -0.4 is 31.4 Å². The lowest BCUT2D eigenvalue weighted by atomic mass is 9.12. The molecular formula is C31H11BF20N2O. The van der Waals surface area contributed by atoms with Gasteiger partial charge in [0.2, 0.25) is 12.4 Å². The highest BCUT2D eigenvalue weighted by atomic mass is 19.2. The molecule has 24 heteroatoms. The first kappa shape index (κ1) is 42.2. The fourth-order valence-electron chi connectivity index (χ4n) is 5.50. The Morgan fingerprint density at radius 3 is 0.727 bits per heavy atom. The molecule has 5 aromatic rings. The van der Waals surface area contributed by atoms with E-state index in [9.17, 15) is 52.7 Å². The monoisotopic (exact) mass is 818 g/mol. The minimum Gasteiger partial charge on any atom is -0.269 e. The van der Waals surface area contributed by atoms with Gasteiger partial charge in [0.1, 0.15) is 52.7 Å². The second-order valence-corrected chi connectivity index (χ2v) is 11.1. The number of aromatic nitrogens is 2. The van der Waals surface area contributed by atoms with Crippen LogP contribution in [0.5, 0.6) is 0 Å². The topological polar surface area (TPSA) is 26.0 Å². The summed E-state index contributed by atoms with van der Waals surface area (Å²) in [5, 5.41) is 0. The van der Waals surface area contributed by atoms with E-state index in [0.29, 0.717) is 0 Å². The fourth-order valence-corrected chi connectivity index (χ4v) is 5.50. The standard InChI is InChI=1S/C24BF20.C7H11N2O/c26-5-1(6(27)14(35)21(42)13(5)34)25(2-7(28)15(36)22(43)16(37)8(2)29,3-9(30)17(38)23(44)18(39)10(3)31)4-11(32)19(40)24(45)20(41)12(4)33;1-7(2)10-9-5-3-8-4-6-9/h;3-7H,1-2H3/q-1;+1. The molecule has 0 radical (unpaired) electrons. The summed E-state index contributed by atoms with van der Waals surface area (Å²) in [5.74, 6) is -71.4. The minimum absolute atomic E-state index is 0.201. The van der Waals surface area contributed by atoms with Crippen LogP contribution in [-0.2, 0) is 0 Å². The lowest BCUT2D eigenvalue weighted by Crippen LogP contribution is -2.81. The molecule has 0 atom stereocenters. The number of hydrogen-bond donors (Lipinski definition) is 0. The van der Waals surface area contributed by atoms with E-state index < -0.39 is 144 Å². The van der Waals surface area contributed by atoms with E-state index in [4.69, 9.17) is 4.84 Å². The number of rotatable bonds is 6. The minimum atomic E-state index is -7.22. The largest absolute Gasteiger partial charge is 0.269 e. The number of benzene rings is 4. The van der Waals surface area contributed by atoms with Crippen molar-refractivity contribution in [1.82, 2.24) is 4.98 Å². The van der Waals surface area contributed by atoms with E-state index in [1.54, 1.807) is 29.5 Å². The van der Waals surface area contributed by atoms with Crippen LogP contribution in [0.15, 0.2) is 24.8 Å². The van der Waals surface area contributed by atoms with Crippen molar-refractivity contribution in [3.63, 3.8) is 0 Å². The molecule has 0 amide bonds. The Morgan fingerprint density at radius 1 is 0.364 bits per heavy atom. The van der Waals surface area contributed by atoms with E-state index in [1.807, 2.05) is 13.8 Å². The van der Waals surface area contributed by atoms with Crippen LogP contribution in [0.2, 0.25) is 0 Å². The predicted octanol–water partition coefficient (Wildman–Crippen LogP) is 6.05. The van der Waals surface area contributed by atoms with Crippen LogP contribution in [-0.4, -0.2) is 17.2 Å². The van der Waals surface area contributed by atoms with E-state index in [0.717, 1.165) is 0 Å². The summed E-state index contributed by atoms with van der Waals surface area (Å²) in [6.45, 7) is 3.96. The Morgan fingerprint density at radius 2 is 0.545 bits per heavy atom. The summed E-state index contributed by atoms with van der Waals surface area (Å²) >= 11 is 0. The molecule has 0 fully saturated rings. The molecule has 5 rings (SSSR count). The number of nitrogens with zero attached hydrogens (tertiary/aromatic N) is 2. The maximum absolute atomic E-state index is 15.4. The molecule has 1 aromatic heterocycles. The van der Waals surface area contributed by atoms with Crippen LogP contribution >= 0.6 is 0 Å². The van der Waals surface area contributed by atoms with Crippen LogP contribution in [0.25, 0.3) is 0 Å². The maximum atomic E-state index is 15.4. The third kappa shape index (κ3) is 6.53. The molecule has 0 aliphatic carbocycles. The Balaban J connectivity index is 0.000000583. The zero-order valence-corrected chi connectivity index (χ0v) is 26.3. The van der Waals surface area contributed by atoms with Gasteiger partial charge in [0.25, 0.3) is 0 Å². The van der Waals surface area contributed by atoms with Crippen molar-refractivity contribution < 1.29 is 97.4 Å². The first-order valence-corrected chi connectivity index (χ1v) is 14.2. The quantitative estimate of drug-likeness (QED) is 0.0687. The van der Waals surface area contributed by atoms with Crippen LogP contribution in [0.3, 0.4) is 0 Å². The zero-order valence-electron chi connectivity index (χ0n) is 26.3. The summed E-state index contributed by atoms with van der Waals surface area (Å²) in [6.07, 6.45) is -0.122. The molecule has 0 N–H and O–H groups in total. The highest BCUT2D eigenvalue weighted by Crippen LogP contribution is 2.30. The molecule has 0 aliphatic rings. The Kier molecular flexibility index (Phi) is 11.7. The lowest BCUT2D eigenvalue weighted by Gasteiger charge is -2.44. The van der Waals surface area contributed by atoms with Crippen molar-refractivity contribution in [2.24, 2.45) is 0 Å². The van der Waals surface area contributed by atoms with Crippen LogP contribution in [0.4, 0.5) is 87.8 Å². The van der Waals surface area contributed by atoms with Gasteiger partial charge in [-0.2, -0.15) is 0 Å². The van der Waals surface area contributed by atoms with Gasteiger partial charge in [-0.25, -0.2) is 87.8 Å². The van der Waals surface area contributed by atoms with E-state index >= 15 is 35.1 Å². The predicted molar refractivity (Wildman–Crippen MR) is 145 cm³/mol. The molecule has 1 heterocycles. The van der Waals surface area contributed by atoms with Crippen molar-refractivity contribution in [2.45, 2.75) is 20.0 Å². The maximum Gasteiger partial charge on any atom is 0.240 e. The van der Waals surface area contributed by atoms with Gasteiger partial charge < -0.3 is 0 Å². The average Bonchev–Trinajstić information content (AvgIpc) is 3.15. The normalized spacial score (nSPS) is 11.6. The van der Waals surface area contributed by atoms with E-state index in [-0.39, 0.29) is 6.10 Å². The van der Waals surface area contributed by atoms with E-state index in [2.05, 4.69) is 4.98 Å². The average molecular weight is 818 g/mol. The van der Waals surface area contributed by atoms with Crippen LogP contribution in [0.1, 0.15) is 13.8 Å². The molecule has 0 aliphatic heterocycles. The molecule has 55 heavy (non-hydrogen) atoms. The highest BCUT2D eigenvalue weighted by molar-refractivity contribution is 7.20. The molecule has 3 nitrogen and oxygen atoms in total. The Bertz CT molecular complexity index is 1960. The van der Waals surface area contributed by atoms with Crippen molar-refractivity contribution in [3.05, 3.63) is 141 Å². The van der Waals surface area contributed by atoms with Crippen molar-refractivity contribution >= 4 is 28.0 Å². The van der Waals surface area contributed by atoms with Crippen molar-refractivity contribution in [1.29, 1.82) is 0 Å². The summed E-state index contributed by atoms with van der Waals surface area (Å²) in [5.41, 5.74) is -14.3.